The minimum Gasteiger partial charge on any atom is -0.480 e. The summed E-state index contributed by atoms with van der Waals surface area (Å²) in [5.74, 6) is -2.77. The first-order valence-electron chi connectivity index (χ1n) is 9.24. The molecule has 0 aliphatic heterocycles. The Morgan fingerprint density at radius 3 is 2.58 bits per heavy atom. The molecule has 0 aliphatic carbocycles. The topological polar surface area (TPSA) is 119 Å². The van der Waals surface area contributed by atoms with Crippen molar-refractivity contribution in [1.29, 1.82) is 0 Å². The van der Waals surface area contributed by atoms with Crippen molar-refractivity contribution in [2.24, 2.45) is 0 Å². The van der Waals surface area contributed by atoms with E-state index in [-0.39, 0.29) is 16.5 Å². The molecule has 4 rings (SSSR count). The minimum atomic E-state index is -4.43. The molecule has 0 amide bonds. The van der Waals surface area contributed by atoms with Crippen LogP contribution in [0.1, 0.15) is 0 Å². The zero-order valence-electron chi connectivity index (χ0n) is 17.1. The number of nitrogens with zero attached hydrogens (tertiary/aromatic N) is 4. The Morgan fingerprint density at radius 1 is 1.06 bits per heavy atom. The van der Waals surface area contributed by atoms with Crippen LogP contribution >= 0.6 is 11.6 Å². The van der Waals surface area contributed by atoms with Gasteiger partial charge in [-0.25, -0.2) is 37.1 Å². The first-order valence-corrected chi connectivity index (χ1v) is 11.1. The molecule has 1 aromatic carbocycles. The lowest BCUT2D eigenvalue weighted by Crippen LogP contribution is -2.17. The molecule has 0 aliphatic rings. The van der Waals surface area contributed by atoms with Crippen molar-refractivity contribution in [3.8, 4) is 17.0 Å². The van der Waals surface area contributed by atoms with Crippen LogP contribution in [-0.4, -0.2) is 42.5 Å². The number of fused-ring (bicyclic) bond motifs is 1. The highest BCUT2D eigenvalue weighted by Crippen LogP contribution is 2.33. The van der Waals surface area contributed by atoms with E-state index in [9.17, 15) is 12.8 Å². The second-order valence-electron chi connectivity index (χ2n) is 6.63. The van der Waals surface area contributed by atoms with Crippen molar-refractivity contribution >= 4 is 44.3 Å². The number of anilines is 2. The summed E-state index contributed by atoms with van der Waals surface area (Å²) in [5, 5.41) is 3.35. The zero-order valence-corrected chi connectivity index (χ0v) is 18.7. The van der Waals surface area contributed by atoms with Gasteiger partial charge in [0.25, 0.3) is 10.0 Å². The number of methoxy groups -OCH3 is 1. The Labute approximate surface area is 191 Å². The lowest BCUT2D eigenvalue weighted by molar-refractivity contribution is 0.385. The van der Waals surface area contributed by atoms with Gasteiger partial charge in [0.2, 0.25) is 11.8 Å². The number of hydrogen-bond donors (Lipinski definition) is 2. The van der Waals surface area contributed by atoms with Crippen molar-refractivity contribution in [2.75, 3.05) is 24.2 Å². The van der Waals surface area contributed by atoms with Crippen molar-refractivity contribution in [2.45, 2.75) is 4.90 Å². The molecule has 9 nitrogen and oxygen atoms in total. The predicted octanol–water partition coefficient (Wildman–Crippen LogP) is 3.87. The number of benzene rings is 1. The quantitative estimate of drug-likeness (QED) is 0.416. The molecule has 0 atom stereocenters. The largest absolute Gasteiger partial charge is 0.480 e. The highest BCUT2D eigenvalue weighted by Gasteiger charge is 2.26. The molecule has 33 heavy (non-hydrogen) atoms. The van der Waals surface area contributed by atoms with Gasteiger partial charge in [0.15, 0.2) is 22.3 Å². The van der Waals surface area contributed by atoms with E-state index >= 15 is 4.39 Å². The first kappa shape index (κ1) is 22.6. The number of ether oxygens (including phenoxy) is 1. The van der Waals surface area contributed by atoms with Gasteiger partial charge in [-0.15, -0.1) is 0 Å². The molecule has 4 aromatic rings. The Balaban J connectivity index is 1.78. The Bertz CT molecular complexity index is 1490. The monoisotopic (exact) mass is 492 g/mol. The van der Waals surface area contributed by atoms with Gasteiger partial charge in [-0.2, -0.15) is 0 Å². The first-order chi connectivity index (χ1) is 15.7. The van der Waals surface area contributed by atoms with E-state index in [2.05, 4.69) is 25.3 Å². The van der Waals surface area contributed by atoms with Crippen LogP contribution in [-0.2, 0) is 10.0 Å². The molecule has 0 radical (unpaired) electrons. The number of pyridine rings is 2. The summed E-state index contributed by atoms with van der Waals surface area (Å²) in [4.78, 5) is 15.3. The van der Waals surface area contributed by atoms with Crippen molar-refractivity contribution in [3.63, 3.8) is 0 Å². The van der Waals surface area contributed by atoms with Gasteiger partial charge in [-0.3, -0.25) is 4.72 Å². The molecule has 170 valence electrons. The van der Waals surface area contributed by atoms with E-state index in [1.165, 1.54) is 31.6 Å². The fraction of sp³-hybridized carbons (Fsp3) is 0.100. The fourth-order valence-corrected chi connectivity index (χ4v) is 4.42. The Morgan fingerprint density at radius 2 is 1.85 bits per heavy atom. The summed E-state index contributed by atoms with van der Waals surface area (Å²) < 4.78 is 62.5. The standard InChI is InChI=1S/C20H15ClF2N6O3S/c1-24-20-27-7-11-5-10(3-4-14(11)28-20)16-13(22)9-25-18(17(16)23)29-33(30,31)15-6-12(21)8-26-19(15)32-2/h3-9H,1-2H3,(H,25,29)(H,24,27,28). The Kier molecular flexibility index (Phi) is 5.95. The molecule has 2 N–H and O–H groups in total. The molecule has 3 heterocycles. The second-order valence-corrected chi connectivity index (χ2v) is 8.71. The zero-order chi connectivity index (χ0) is 23.8. The van der Waals surface area contributed by atoms with Crippen molar-refractivity contribution < 1.29 is 21.9 Å². The summed E-state index contributed by atoms with van der Waals surface area (Å²) >= 11 is 5.84. The van der Waals surface area contributed by atoms with Crippen LogP contribution in [0.25, 0.3) is 22.0 Å². The fourth-order valence-electron chi connectivity index (χ4n) is 3.05. The number of aromatic nitrogens is 4. The van der Waals surface area contributed by atoms with Crippen LogP contribution in [0, 0.1) is 11.6 Å². The molecule has 13 heteroatoms. The Hall–Kier alpha value is -3.64. The number of sulfonamides is 1. The summed E-state index contributed by atoms with van der Waals surface area (Å²) in [7, 11) is -1.55. The molecule has 0 unspecified atom stereocenters. The molecule has 3 aromatic heterocycles. The van der Waals surface area contributed by atoms with Gasteiger partial charge >= 0.3 is 0 Å². The molecule has 0 saturated heterocycles. The molecule has 0 spiro atoms. The molecular weight excluding hydrogens is 478 g/mol. The van der Waals surface area contributed by atoms with Gasteiger partial charge in [0, 0.05) is 24.8 Å². The third-order valence-electron chi connectivity index (χ3n) is 4.56. The minimum absolute atomic E-state index is 0.0178. The van der Waals surface area contributed by atoms with Crippen LogP contribution in [0.2, 0.25) is 5.02 Å². The summed E-state index contributed by atoms with van der Waals surface area (Å²) in [5.41, 5.74) is 0.219. The highest BCUT2D eigenvalue weighted by molar-refractivity contribution is 7.92. The number of rotatable bonds is 6. The number of nitrogens with one attached hydrogen (secondary N) is 2. The van der Waals surface area contributed by atoms with E-state index in [0.29, 0.717) is 23.0 Å². The smallest absolute Gasteiger partial charge is 0.268 e. The van der Waals surface area contributed by atoms with Gasteiger partial charge < -0.3 is 10.1 Å². The number of hydrogen-bond acceptors (Lipinski definition) is 8. The highest BCUT2D eigenvalue weighted by atomic mass is 35.5. The van der Waals surface area contributed by atoms with E-state index < -0.39 is 37.9 Å². The molecule has 0 saturated carbocycles. The van der Waals surface area contributed by atoms with Crippen LogP contribution < -0.4 is 14.8 Å². The van der Waals surface area contributed by atoms with Crippen LogP contribution in [0.5, 0.6) is 5.88 Å². The van der Waals surface area contributed by atoms with E-state index in [1.54, 1.807) is 13.1 Å². The SMILES string of the molecule is CNc1ncc2cc(-c3c(F)cnc(NS(=O)(=O)c4cc(Cl)cnc4OC)c3F)ccc2n1. The molecule has 0 bridgehead atoms. The predicted molar refractivity (Wildman–Crippen MR) is 119 cm³/mol. The average molecular weight is 493 g/mol. The molecule has 0 fully saturated rings. The maximum Gasteiger partial charge on any atom is 0.268 e. The van der Waals surface area contributed by atoms with E-state index in [1.807, 2.05) is 4.72 Å². The second kappa shape index (κ2) is 8.71. The maximum atomic E-state index is 15.3. The van der Waals surface area contributed by atoms with Gasteiger partial charge in [-0.1, -0.05) is 17.7 Å². The third kappa shape index (κ3) is 4.34. The summed E-state index contributed by atoms with van der Waals surface area (Å²) in [6.45, 7) is 0. The van der Waals surface area contributed by atoms with Crippen LogP contribution in [0.15, 0.2) is 47.8 Å². The van der Waals surface area contributed by atoms with Crippen molar-refractivity contribution in [1.82, 2.24) is 19.9 Å². The van der Waals surface area contributed by atoms with E-state index in [0.717, 1.165) is 6.07 Å². The van der Waals surface area contributed by atoms with Crippen LogP contribution in [0.4, 0.5) is 20.5 Å². The van der Waals surface area contributed by atoms with Crippen LogP contribution in [0.3, 0.4) is 0 Å². The molecular formula is C20H15ClF2N6O3S. The van der Waals surface area contributed by atoms with Crippen molar-refractivity contribution in [3.05, 3.63) is 59.5 Å². The lowest BCUT2D eigenvalue weighted by atomic mass is 10.0. The third-order valence-corrected chi connectivity index (χ3v) is 6.10. The van der Waals surface area contributed by atoms with Gasteiger partial charge in [0.05, 0.1) is 29.4 Å². The normalized spacial score (nSPS) is 11.4. The average Bonchev–Trinajstić information content (AvgIpc) is 2.80. The maximum absolute atomic E-state index is 15.3. The lowest BCUT2D eigenvalue weighted by Gasteiger charge is -2.13. The number of halogens is 3. The van der Waals surface area contributed by atoms with Gasteiger partial charge in [-0.05, 0) is 23.8 Å². The summed E-state index contributed by atoms with van der Waals surface area (Å²) in [6, 6.07) is 5.59. The summed E-state index contributed by atoms with van der Waals surface area (Å²) in [6.07, 6.45) is 3.41. The van der Waals surface area contributed by atoms with Gasteiger partial charge in [0.1, 0.15) is 0 Å². The van der Waals surface area contributed by atoms with E-state index in [4.69, 9.17) is 16.3 Å².